The minimum Gasteiger partial charge on any atom is -0.338 e. The van der Waals surface area contributed by atoms with Crippen LogP contribution in [0, 0.1) is 5.82 Å². The molecule has 0 atom stereocenters. The standard InChI is InChI=1S/C20H20FN3O3/c1-13(25)22-16-7-8-17(21)18(11-16)23-20(27)15-5-2-4-14(10-15)12-24-9-3-6-19(24)26/h2,4-5,7-8,10-11H,3,6,9,12H2,1H3,(H,22,25)(H,23,27). The summed E-state index contributed by atoms with van der Waals surface area (Å²) in [5.74, 6) is -1.25. The molecule has 1 aliphatic heterocycles. The first kappa shape index (κ1) is 18.6. The van der Waals surface area contributed by atoms with Crippen LogP contribution in [-0.4, -0.2) is 29.2 Å². The third kappa shape index (κ3) is 4.69. The van der Waals surface area contributed by atoms with E-state index in [0.29, 0.717) is 24.2 Å². The second kappa shape index (κ2) is 7.99. The molecule has 0 radical (unpaired) electrons. The van der Waals surface area contributed by atoms with Gasteiger partial charge in [-0.05, 0) is 42.3 Å². The number of rotatable bonds is 5. The lowest BCUT2D eigenvalue weighted by Gasteiger charge is -2.16. The van der Waals surface area contributed by atoms with Crippen molar-refractivity contribution in [1.82, 2.24) is 4.90 Å². The fraction of sp³-hybridized carbons (Fsp3) is 0.250. The number of hydrogen-bond acceptors (Lipinski definition) is 3. The van der Waals surface area contributed by atoms with Gasteiger partial charge < -0.3 is 15.5 Å². The number of carbonyl (C=O) groups excluding carboxylic acids is 3. The van der Waals surface area contributed by atoms with Crippen molar-refractivity contribution in [2.45, 2.75) is 26.3 Å². The molecular formula is C20H20FN3O3. The van der Waals surface area contributed by atoms with E-state index in [1.54, 1.807) is 23.1 Å². The first-order valence-corrected chi connectivity index (χ1v) is 8.67. The zero-order valence-corrected chi connectivity index (χ0v) is 14.9. The molecule has 27 heavy (non-hydrogen) atoms. The number of likely N-dealkylation sites (tertiary alicyclic amines) is 1. The Kier molecular flexibility index (Phi) is 5.49. The first-order chi connectivity index (χ1) is 12.9. The average molecular weight is 369 g/mol. The fourth-order valence-corrected chi connectivity index (χ4v) is 3.00. The Morgan fingerprint density at radius 2 is 1.96 bits per heavy atom. The Morgan fingerprint density at radius 3 is 2.67 bits per heavy atom. The number of halogens is 1. The molecule has 6 nitrogen and oxygen atoms in total. The minimum atomic E-state index is -0.601. The van der Waals surface area contributed by atoms with Crippen molar-refractivity contribution in [1.29, 1.82) is 0 Å². The van der Waals surface area contributed by atoms with Crippen LogP contribution in [0.25, 0.3) is 0 Å². The summed E-state index contributed by atoms with van der Waals surface area (Å²) in [6.45, 7) is 2.51. The Bertz CT molecular complexity index is 898. The molecule has 7 heteroatoms. The van der Waals surface area contributed by atoms with Gasteiger partial charge in [-0.3, -0.25) is 14.4 Å². The maximum atomic E-state index is 14.0. The molecule has 1 heterocycles. The van der Waals surface area contributed by atoms with Crippen LogP contribution in [-0.2, 0) is 16.1 Å². The van der Waals surface area contributed by atoms with E-state index in [9.17, 15) is 18.8 Å². The van der Waals surface area contributed by atoms with Gasteiger partial charge in [0, 0.05) is 37.7 Å². The van der Waals surface area contributed by atoms with Gasteiger partial charge in [0.15, 0.2) is 0 Å². The van der Waals surface area contributed by atoms with E-state index in [4.69, 9.17) is 0 Å². The van der Waals surface area contributed by atoms with Crippen LogP contribution >= 0.6 is 0 Å². The first-order valence-electron chi connectivity index (χ1n) is 8.67. The summed E-state index contributed by atoms with van der Waals surface area (Å²) in [7, 11) is 0. The molecule has 140 valence electrons. The largest absolute Gasteiger partial charge is 0.338 e. The Hall–Kier alpha value is -3.22. The summed E-state index contributed by atoms with van der Waals surface area (Å²) in [5, 5.41) is 5.07. The molecule has 0 bridgehead atoms. The van der Waals surface area contributed by atoms with Gasteiger partial charge in [-0.2, -0.15) is 0 Å². The van der Waals surface area contributed by atoms with Gasteiger partial charge in [-0.15, -0.1) is 0 Å². The average Bonchev–Trinajstić information content (AvgIpc) is 3.02. The van der Waals surface area contributed by atoms with Gasteiger partial charge in [0.1, 0.15) is 5.82 Å². The minimum absolute atomic E-state index is 0.0219. The van der Waals surface area contributed by atoms with E-state index in [1.807, 2.05) is 6.07 Å². The van der Waals surface area contributed by atoms with Crippen LogP contribution < -0.4 is 10.6 Å². The predicted molar refractivity (Wildman–Crippen MR) is 99.7 cm³/mol. The van der Waals surface area contributed by atoms with Crippen molar-refractivity contribution in [2.75, 3.05) is 17.2 Å². The van der Waals surface area contributed by atoms with Crippen LogP contribution in [0.2, 0.25) is 0 Å². The number of carbonyl (C=O) groups is 3. The SMILES string of the molecule is CC(=O)Nc1ccc(F)c(NC(=O)c2cccc(CN3CCCC3=O)c2)c1. The van der Waals surface area contributed by atoms with Crippen molar-refractivity contribution in [3.63, 3.8) is 0 Å². The lowest BCUT2D eigenvalue weighted by molar-refractivity contribution is -0.128. The number of amides is 3. The molecule has 0 aliphatic carbocycles. The van der Waals surface area contributed by atoms with E-state index in [1.165, 1.54) is 25.1 Å². The maximum absolute atomic E-state index is 14.0. The second-order valence-corrected chi connectivity index (χ2v) is 6.45. The van der Waals surface area contributed by atoms with Gasteiger partial charge in [-0.1, -0.05) is 12.1 Å². The smallest absolute Gasteiger partial charge is 0.255 e. The molecule has 0 saturated carbocycles. The van der Waals surface area contributed by atoms with E-state index < -0.39 is 11.7 Å². The van der Waals surface area contributed by atoms with Crippen LogP contribution in [0.1, 0.15) is 35.7 Å². The van der Waals surface area contributed by atoms with Gasteiger partial charge in [0.2, 0.25) is 11.8 Å². The van der Waals surface area contributed by atoms with Crippen LogP contribution in [0.3, 0.4) is 0 Å². The van der Waals surface area contributed by atoms with Gasteiger partial charge >= 0.3 is 0 Å². The van der Waals surface area contributed by atoms with Gasteiger partial charge in [0.05, 0.1) is 5.69 Å². The number of hydrogen-bond donors (Lipinski definition) is 2. The highest BCUT2D eigenvalue weighted by atomic mass is 19.1. The van der Waals surface area contributed by atoms with Gasteiger partial charge in [0.25, 0.3) is 5.91 Å². The molecule has 0 aromatic heterocycles. The molecule has 0 spiro atoms. The van der Waals surface area contributed by atoms with Crippen molar-refractivity contribution in [3.05, 3.63) is 59.4 Å². The van der Waals surface area contributed by atoms with Crippen LogP contribution in [0.5, 0.6) is 0 Å². The lowest BCUT2D eigenvalue weighted by atomic mass is 10.1. The number of nitrogens with one attached hydrogen (secondary N) is 2. The second-order valence-electron chi connectivity index (χ2n) is 6.45. The van der Waals surface area contributed by atoms with Crippen molar-refractivity contribution >= 4 is 29.1 Å². The highest BCUT2D eigenvalue weighted by Crippen LogP contribution is 2.21. The summed E-state index contributed by atoms with van der Waals surface area (Å²) in [6, 6.07) is 10.9. The van der Waals surface area contributed by atoms with Crippen LogP contribution in [0.4, 0.5) is 15.8 Å². The molecular weight excluding hydrogens is 349 g/mol. The molecule has 2 aromatic carbocycles. The maximum Gasteiger partial charge on any atom is 0.255 e. The molecule has 1 fully saturated rings. The van der Waals surface area contributed by atoms with Gasteiger partial charge in [-0.25, -0.2) is 4.39 Å². The van der Waals surface area contributed by atoms with Crippen molar-refractivity contribution < 1.29 is 18.8 Å². The molecule has 2 N–H and O–H groups in total. The predicted octanol–water partition coefficient (Wildman–Crippen LogP) is 3.16. The molecule has 3 amide bonds. The summed E-state index contributed by atoms with van der Waals surface area (Å²) >= 11 is 0. The highest BCUT2D eigenvalue weighted by molar-refractivity contribution is 6.04. The third-order valence-corrected chi connectivity index (χ3v) is 4.27. The summed E-state index contributed by atoms with van der Waals surface area (Å²) in [4.78, 5) is 37.2. The summed E-state index contributed by atoms with van der Waals surface area (Å²) in [5.41, 5.74) is 1.57. The summed E-state index contributed by atoms with van der Waals surface area (Å²) in [6.07, 6.45) is 1.41. The van der Waals surface area contributed by atoms with E-state index in [-0.39, 0.29) is 17.5 Å². The summed E-state index contributed by atoms with van der Waals surface area (Å²) < 4.78 is 14.0. The fourth-order valence-electron chi connectivity index (χ4n) is 3.00. The zero-order valence-electron chi connectivity index (χ0n) is 14.9. The molecule has 1 saturated heterocycles. The lowest BCUT2D eigenvalue weighted by Crippen LogP contribution is -2.24. The van der Waals surface area contributed by atoms with E-state index in [2.05, 4.69) is 10.6 Å². The monoisotopic (exact) mass is 369 g/mol. The normalized spacial score (nSPS) is 13.6. The Morgan fingerprint density at radius 1 is 1.15 bits per heavy atom. The zero-order chi connectivity index (χ0) is 19.4. The quantitative estimate of drug-likeness (QED) is 0.850. The van der Waals surface area contributed by atoms with E-state index >= 15 is 0 Å². The Balaban J connectivity index is 1.73. The molecule has 3 rings (SSSR count). The molecule has 2 aromatic rings. The topological polar surface area (TPSA) is 78.5 Å². The molecule has 0 unspecified atom stereocenters. The van der Waals surface area contributed by atoms with E-state index in [0.717, 1.165) is 18.5 Å². The van der Waals surface area contributed by atoms with Crippen molar-refractivity contribution in [2.24, 2.45) is 0 Å². The number of benzene rings is 2. The molecule has 1 aliphatic rings. The third-order valence-electron chi connectivity index (χ3n) is 4.27. The Labute approximate surface area is 156 Å². The van der Waals surface area contributed by atoms with Crippen LogP contribution in [0.15, 0.2) is 42.5 Å². The number of anilines is 2. The van der Waals surface area contributed by atoms with Crippen molar-refractivity contribution in [3.8, 4) is 0 Å². The highest BCUT2D eigenvalue weighted by Gasteiger charge is 2.20. The number of nitrogens with zero attached hydrogens (tertiary/aromatic N) is 1.